The summed E-state index contributed by atoms with van der Waals surface area (Å²) < 4.78 is 4.09. The van der Waals surface area contributed by atoms with Crippen molar-refractivity contribution in [3.05, 3.63) is 54.6 Å². The smallest absolute Gasteiger partial charge is 0.140 e. The molecule has 114 valence electrons. The standard InChI is InChI=1S/C17H20N4S/c1-4-16(14-11-19-20(2)12-14)21-10-9-18-17(21)13-5-7-15(22-3)8-6-13/h5-12,16H,4H2,1-3H3/t16-/m0/s1. The van der Waals surface area contributed by atoms with Gasteiger partial charge in [0.05, 0.1) is 12.2 Å². The number of aryl methyl sites for hydroxylation is 1. The van der Waals surface area contributed by atoms with Crippen LogP contribution in [0.1, 0.15) is 24.9 Å². The lowest BCUT2D eigenvalue weighted by atomic mass is 10.1. The predicted octanol–water partition coefficient (Wildman–Crippen LogP) is 4.00. The Kier molecular flexibility index (Phi) is 4.34. The second kappa shape index (κ2) is 6.40. The van der Waals surface area contributed by atoms with Gasteiger partial charge in [-0.15, -0.1) is 11.8 Å². The summed E-state index contributed by atoms with van der Waals surface area (Å²) in [6.45, 7) is 2.19. The van der Waals surface area contributed by atoms with E-state index >= 15 is 0 Å². The Hall–Kier alpha value is -2.01. The van der Waals surface area contributed by atoms with Crippen molar-refractivity contribution >= 4 is 11.8 Å². The van der Waals surface area contributed by atoms with E-state index in [2.05, 4.69) is 64.5 Å². The number of imidazole rings is 1. The topological polar surface area (TPSA) is 35.6 Å². The molecule has 1 aromatic carbocycles. The maximum absolute atomic E-state index is 4.57. The first-order chi connectivity index (χ1) is 10.7. The van der Waals surface area contributed by atoms with E-state index in [1.807, 2.05) is 24.1 Å². The molecule has 1 atom stereocenters. The summed E-state index contributed by atoms with van der Waals surface area (Å²) in [5.41, 5.74) is 2.36. The van der Waals surface area contributed by atoms with E-state index in [1.165, 1.54) is 10.5 Å². The van der Waals surface area contributed by atoms with Crippen molar-refractivity contribution in [3.63, 3.8) is 0 Å². The fourth-order valence-electron chi connectivity index (χ4n) is 2.73. The van der Waals surface area contributed by atoms with Crippen LogP contribution in [0.25, 0.3) is 11.4 Å². The Morgan fingerprint density at radius 3 is 2.59 bits per heavy atom. The van der Waals surface area contributed by atoms with Crippen molar-refractivity contribution in [1.82, 2.24) is 19.3 Å². The van der Waals surface area contributed by atoms with E-state index in [1.54, 1.807) is 11.8 Å². The van der Waals surface area contributed by atoms with Crippen molar-refractivity contribution in [3.8, 4) is 11.4 Å². The molecule has 0 amide bonds. The van der Waals surface area contributed by atoms with Gasteiger partial charge in [0.1, 0.15) is 5.82 Å². The maximum Gasteiger partial charge on any atom is 0.140 e. The molecule has 2 aromatic heterocycles. The molecule has 22 heavy (non-hydrogen) atoms. The van der Waals surface area contributed by atoms with Crippen LogP contribution >= 0.6 is 11.8 Å². The fourth-order valence-corrected chi connectivity index (χ4v) is 3.14. The van der Waals surface area contributed by atoms with Crippen molar-refractivity contribution < 1.29 is 0 Å². The summed E-state index contributed by atoms with van der Waals surface area (Å²) in [5, 5.41) is 4.30. The van der Waals surface area contributed by atoms with Gasteiger partial charge in [0, 0.05) is 41.7 Å². The molecule has 3 aromatic rings. The first-order valence-corrected chi connectivity index (χ1v) is 8.61. The van der Waals surface area contributed by atoms with Crippen molar-refractivity contribution in [2.75, 3.05) is 6.26 Å². The summed E-state index contributed by atoms with van der Waals surface area (Å²) in [4.78, 5) is 5.84. The molecular weight excluding hydrogens is 292 g/mol. The lowest BCUT2D eigenvalue weighted by Crippen LogP contribution is -2.09. The molecule has 0 fully saturated rings. The molecule has 0 aliphatic carbocycles. The Morgan fingerprint density at radius 1 is 1.23 bits per heavy atom. The van der Waals surface area contributed by atoms with E-state index in [9.17, 15) is 0 Å². The van der Waals surface area contributed by atoms with Gasteiger partial charge in [-0.05, 0) is 24.8 Å². The molecule has 0 aliphatic rings. The third kappa shape index (κ3) is 2.81. The lowest BCUT2D eigenvalue weighted by molar-refractivity contribution is 0.571. The highest BCUT2D eigenvalue weighted by molar-refractivity contribution is 7.98. The lowest BCUT2D eigenvalue weighted by Gasteiger charge is -2.18. The first-order valence-electron chi connectivity index (χ1n) is 7.38. The van der Waals surface area contributed by atoms with Crippen LogP contribution < -0.4 is 0 Å². The molecular formula is C17H20N4S. The molecule has 0 bridgehead atoms. The summed E-state index contributed by atoms with van der Waals surface area (Å²) in [7, 11) is 1.95. The summed E-state index contributed by atoms with van der Waals surface area (Å²) in [5.74, 6) is 1.00. The SMILES string of the molecule is CC[C@@H](c1cnn(C)c1)n1ccnc1-c1ccc(SC)cc1. The number of nitrogens with zero attached hydrogens (tertiary/aromatic N) is 4. The van der Waals surface area contributed by atoms with Gasteiger partial charge in [-0.1, -0.05) is 19.1 Å². The highest BCUT2D eigenvalue weighted by Crippen LogP contribution is 2.28. The molecule has 0 unspecified atom stereocenters. The van der Waals surface area contributed by atoms with Crippen LogP contribution in [0.4, 0.5) is 0 Å². The zero-order valence-electron chi connectivity index (χ0n) is 13.1. The zero-order chi connectivity index (χ0) is 15.5. The molecule has 0 saturated carbocycles. The fraction of sp³-hybridized carbons (Fsp3) is 0.294. The second-order valence-electron chi connectivity index (χ2n) is 5.26. The Morgan fingerprint density at radius 2 is 2.00 bits per heavy atom. The Bertz CT molecular complexity index is 742. The second-order valence-corrected chi connectivity index (χ2v) is 6.14. The third-order valence-corrected chi connectivity index (χ3v) is 4.59. The number of hydrogen-bond donors (Lipinski definition) is 0. The zero-order valence-corrected chi connectivity index (χ0v) is 13.9. The van der Waals surface area contributed by atoms with Crippen molar-refractivity contribution in [2.45, 2.75) is 24.3 Å². The van der Waals surface area contributed by atoms with Crippen LogP contribution in [0.3, 0.4) is 0 Å². The number of aromatic nitrogens is 4. The molecule has 0 spiro atoms. The average molecular weight is 312 g/mol. The minimum absolute atomic E-state index is 0.256. The maximum atomic E-state index is 4.57. The quantitative estimate of drug-likeness (QED) is 0.668. The van der Waals surface area contributed by atoms with E-state index in [-0.39, 0.29) is 6.04 Å². The molecule has 0 aliphatic heterocycles. The van der Waals surface area contributed by atoms with Gasteiger partial charge in [0.25, 0.3) is 0 Å². The summed E-state index contributed by atoms with van der Waals surface area (Å²) in [6, 6.07) is 8.82. The molecule has 0 radical (unpaired) electrons. The third-order valence-electron chi connectivity index (χ3n) is 3.85. The van der Waals surface area contributed by atoms with Crippen LogP contribution in [0.2, 0.25) is 0 Å². The molecule has 4 nitrogen and oxygen atoms in total. The molecule has 2 heterocycles. The van der Waals surface area contributed by atoms with Gasteiger partial charge < -0.3 is 4.57 Å². The monoisotopic (exact) mass is 312 g/mol. The highest BCUT2D eigenvalue weighted by atomic mass is 32.2. The largest absolute Gasteiger partial charge is 0.323 e. The van der Waals surface area contributed by atoms with E-state index in [4.69, 9.17) is 0 Å². The van der Waals surface area contributed by atoms with Gasteiger partial charge in [-0.2, -0.15) is 5.10 Å². The van der Waals surface area contributed by atoms with E-state index in [0.717, 1.165) is 17.8 Å². The number of hydrogen-bond acceptors (Lipinski definition) is 3. The average Bonchev–Trinajstić information content (AvgIpc) is 3.18. The van der Waals surface area contributed by atoms with E-state index < -0.39 is 0 Å². The minimum Gasteiger partial charge on any atom is -0.323 e. The van der Waals surface area contributed by atoms with E-state index in [0.29, 0.717) is 0 Å². The van der Waals surface area contributed by atoms with Crippen LogP contribution in [0.5, 0.6) is 0 Å². The molecule has 0 N–H and O–H groups in total. The van der Waals surface area contributed by atoms with Crippen LogP contribution in [-0.4, -0.2) is 25.6 Å². The van der Waals surface area contributed by atoms with Crippen molar-refractivity contribution in [1.29, 1.82) is 0 Å². The Labute approximate surface area is 135 Å². The molecule has 3 rings (SSSR count). The van der Waals surface area contributed by atoms with Crippen LogP contribution in [0, 0.1) is 0 Å². The Balaban J connectivity index is 1.99. The van der Waals surface area contributed by atoms with Crippen LogP contribution in [-0.2, 0) is 7.05 Å². The number of thioether (sulfide) groups is 1. The highest BCUT2D eigenvalue weighted by Gasteiger charge is 2.17. The normalized spacial score (nSPS) is 12.5. The minimum atomic E-state index is 0.256. The molecule has 0 saturated heterocycles. The van der Waals surface area contributed by atoms with Crippen LogP contribution in [0.15, 0.2) is 53.9 Å². The van der Waals surface area contributed by atoms with Crippen molar-refractivity contribution in [2.24, 2.45) is 7.05 Å². The first kappa shape index (κ1) is 14.9. The van der Waals surface area contributed by atoms with Gasteiger partial charge >= 0.3 is 0 Å². The number of rotatable bonds is 5. The summed E-state index contributed by atoms with van der Waals surface area (Å²) >= 11 is 1.75. The summed E-state index contributed by atoms with van der Waals surface area (Å²) in [6.07, 6.45) is 11.0. The van der Waals surface area contributed by atoms with Gasteiger partial charge in [-0.25, -0.2) is 4.98 Å². The van der Waals surface area contributed by atoms with Gasteiger partial charge in [0.15, 0.2) is 0 Å². The van der Waals surface area contributed by atoms with Gasteiger partial charge in [0.2, 0.25) is 0 Å². The number of benzene rings is 1. The molecule has 5 heteroatoms. The van der Waals surface area contributed by atoms with Gasteiger partial charge in [-0.3, -0.25) is 4.68 Å². The predicted molar refractivity (Wildman–Crippen MR) is 91.1 cm³/mol.